The van der Waals surface area contributed by atoms with Crippen molar-refractivity contribution in [2.24, 2.45) is 0 Å². The summed E-state index contributed by atoms with van der Waals surface area (Å²) in [4.78, 5) is 5.05. The first-order valence-electron chi connectivity index (χ1n) is 11.1. The second-order valence-corrected chi connectivity index (χ2v) is 12.0. The number of sulfone groups is 1. The van der Waals surface area contributed by atoms with E-state index >= 15 is 0 Å². The van der Waals surface area contributed by atoms with Gasteiger partial charge < -0.3 is 5.11 Å². The van der Waals surface area contributed by atoms with Crippen LogP contribution in [-0.4, -0.2) is 28.8 Å². The Morgan fingerprint density at radius 2 is 1.60 bits per heavy atom. The maximum absolute atomic E-state index is 12.3. The molecule has 5 nitrogen and oxygen atoms in total. The highest BCUT2D eigenvalue weighted by Gasteiger charge is 2.25. The third-order valence-electron chi connectivity index (χ3n) is 5.89. The molecule has 0 amide bonds. The molecule has 0 aliphatic carbocycles. The number of hydrogen-bond acceptors (Lipinski definition) is 4. The third-order valence-corrected chi connectivity index (χ3v) is 8.23. The molecule has 1 N–H and O–H groups in total. The van der Waals surface area contributed by atoms with Gasteiger partial charge in [0.1, 0.15) is 11.4 Å². The second kappa shape index (κ2) is 9.43. The highest BCUT2D eigenvalue weighted by molar-refractivity contribution is 7.91. The van der Waals surface area contributed by atoms with Gasteiger partial charge in [-0.15, -0.1) is 0 Å². The summed E-state index contributed by atoms with van der Waals surface area (Å²) in [5, 5.41) is 11.6. The van der Waals surface area contributed by atoms with Crippen LogP contribution < -0.4 is 0 Å². The van der Waals surface area contributed by atoms with Gasteiger partial charge in [0, 0.05) is 11.8 Å². The van der Waals surface area contributed by atoms with Crippen LogP contribution in [0.3, 0.4) is 0 Å². The van der Waals surface area contributed by atoms with Gasteiger partial charge in [0.25, 0.3) is 0 Å². The lowest BCUT2D eigenvalue weighted by Crippen LogP contribution is -2.15. The number of benzene rings is 3. The van der Waals surface area contributed by atoms with Gasteiger partial charge in [0.05, 0.1) is 32.1 Å². The molecule has 0 aliphatic heterocycles. The summed E-state index contributed by atoms with van der Waals surface area (Å²) in [6, 6.07) is 18.1. The average Bonchev–Trinajstić information content (AvgIpc) is 3.24. The SMILES string of the molecule is CCS(=O)(=O)c1cccc(-c2ccc(-c3nc(C(C)(C)O)cn3-c3c(Cl)cccc3Cl)c(C)c2)c1. The molecular formula is C27H26Cl2N2O3S. The van der Waals surface area contributed by atoms with Crippen molar-refractivity contribution in [3.63, 3.8) is 0 Å². The summed E-state index contributed by atoms with van der Waals surface area (Å²) >= 11 is 13.0. The van der Waals surface area contributed by atoms with E-state index in [0.717, 1.165) is 22.3 Å². The summed E-state index contributed by atoms with van der Waals surface area (Å²) in [5.41, 5.74) is 3.33. The molecule has 0 saturated carbocycles. The summed E-state index contributed by atoms with van der Waals surface area (Å²) in [6.45, 7) is 6.94. The van der Waals surface area contributed by atoms with Crippen LogP contribution in [0.4, 0.5) is 0 Å². The van der Waals surface area contributed by atoms with Crippen LogP contribution in [-0.2, 0) is 15.4 Å². The predicted octanol–water partition coefficient (Wildman–Crippen LogP) is 6.84. The summed E-state index contributed by atoms with van der Waals surface area (Å²) < 4.78 is 26.5. The average molecular weight is 529 g/mol. The van der Waals surface area contributed by atoms with Gasteiger partial charge in [-0.25, -0.2) is 13.4 Å². The molecule has 0 saturated heterocycles. The monoisotopic (exact) mass is 528 g/mol. The summed E-state index contributed by atoms with van der Waals surface area (Å²) in [5.74, 6) is 0.633. The van der Waals surface area contributed by atoms with E-state index in [1.807, 2.05) is 31.2 Å². The van der Waals surface area contributed by atoms with Gasteiger partial charge in [0.15, 0.2) is 9.84 Å². The third kappa shape index (κ3) is 5.02. The minimum atomic E-state index is -3.31. The van der Waals surface area contributed by atoms with Crippen molar-refractivity contribution < 1.29 is 13.5 Å². The minimum Gasteiger partial charge on any atom is -0.384 e. The standard InChI is InChI=1S/C27H26Cl2N2O3S/c1-5-35(33,34)20-9-6-8-18(15-20)19-12-13-21(17(2)14-19)26-30-24(27(3,4)32)16-31(26)25-22(28)10-7-11-23(25)29/h6-16,32H,5H2,1-4H3. The Morgan fingerprint density at radius 3 is 2.20 bits per heavy atom. The summed E-state index contributed by atoms with van der Waals surface area (Å²) in [7, 11) is -3.31. The van der Waals surface area contributed by atoms with Crippen molar-refractivity contribution in [2.45, 2.75) is 38.2 Å². The topological polar surface area (TPSA) is 72.2 Å². The van der Waals surface area contributed by atoms with E-state index in [1.54, 1.807) is 67.9 Å². The lowest BCUT2D eigenvalue weighted by atomic mass is 9.99. The minimum absolute atomic E-state index is 0.0468. The van der Waals surface area contributed by atoms with Gasteiger partial charge >= 0.3 is 0 Å². The van der Waals surface area contributed by atoms with Crippen LogP contribution in [0.25, 0.3) is 28.2 Å². The Hall–Kier alpha value is -2.64. The Balaban J connectivity index is 1.87. The number of nitrogens with zero attached hydrogens (tertiary/aromatic N) is 2. The van der Waals surface area contributed by atoms with Crippen molar-refractivity contribution in [3.05, 3.63) is 88.2 Å². The molecule has 182 valence electrons. The van der Waals surface area contributed by atoms with E-state index in [0.29, 0.717) is 32.1 Å². The molecule has 0 bridgehead atoms. The predicted molar refractivity (Wildman–Crippen MR) is 142 cm³/mol. The fourth-order valence-corrected chi connectivity index (χ4v) is 5.39. The molecule has 8 heteroatoms. The number of halogens is 2. The van der Waals surface area contributed by atoms with E-state index in [1.165, 1.54) is 0 Å². The molecule has 0 atom stereocenters. The van der Waals surface area contributed by atoms with Crippen molar-refractivity contribution >= 4 is 33.0 Å². The largest absolute Gasteiger partial charge is 0.384 e. The number of rotatable bonds is 6. The van der Waals surface area contributed by atoms with Crippen LogP contribution in [0, 0.1) is 6.92 Å². The maximum atomic E-state index is 12.3. The highest BCUT2D eigenvalue weighted by atomic mass is 35.5. The number of para-hydroxylation sites is 1. The fraction of sp³-hybridized carbons (Fsp3) is 0.222. The van der Waals surface area contributed by atoms with Crippen molar-refractivity contribution in [1.29, 1.82) is 0 Å². The number of aromatic nitrogens is 2. The van der Waals surface area contributed by atoms with Gasteiger partial charge in [-0.3, -0.25) is 4.57 Å². The van der Waals surface area contributed by atoms with E-state index < -0.39 is 15.4 Å². The smallest absolute Gasteiger partial charge is 0.178 e. The Bertz CT molecular complexity index is 1500. The van der Waals surface area contributed by atoms with Gasteiger partial charge in [0.2, 0.25) is 0 Å². The molecule has 0 spiro atoms. The Morgan fingerprint density at radius 1 is 0.971 bits per heavy atom. The first kappa shape index (κ1) is 25.5. The molecule has 1 aromatic heterocycles. The molecule has 35 heavy (non-hydrogen) atoms. The molecule has 0 fully saturated rings. The normalized spacial score (nSPS) is 12.2. The second-order valence-electron chi connectivity index (χ2n) is 8.91. The van der Waals surface area contributed by atoms with Crippen molar-refractivity contribution in [3.8, 4) is 28.2 Å². The van der Waals surface area contributed by atoms with E-state index in [9.17, 15) is 13.5 Å². The van der Waals surface area contributed by atoms with Gasteiger partial charge in [-0.2, -0.15) is 0 Å². The van der Waals surface area contributed by atoms with Crippen molar-refractivity contribution in [1.82, 2.24) is 9.55 Å². The fourth-order valence-electron chi connectivity index (χ4n) is 3.88. The van der Waals surface area contributed by atoms with E-state index in [-0.39, 0.29) is 5.75 Å². The zero-order valence-corrected chi connectivity index (χ0v) is 22.2. The first-order valence-corrected chi connectivity index (χ1v) is 13.5. The van der Waals surface area contributed by atoms with Crippen LogP contribution >= 0.6 is 23.2 Å². The molecular weight excluding hydrogens is 503 g/mol. The number of imidazole rings is 1. The molecule has 1 heterocycles. The van der Waals surface area contributed by atoms with Crippen LogP contribution in [0.15, 0.2) is 71.8 Å². The molecule has 0 aliphatic rings. The zero-order valence-electron chi connectivity index (χ0n) is 19.9. The number of hydrogen-bond donors (Lipinski definition) is 1. The Kier molecular flexibility index (Phi) is 6.86. The number of aliphatic hydroxyl groups is 1. The quantitative estimate of drug-likeness (QED) is 0.297. The van der Waals surface area contributed by atoms with Crippen LogP contribution in [0.2, 0.25) is 10.0 Å². The molecule has 4 rings (SSSR count). The van der Waals surface area contributed by atoms with Crippen LogP contribution in [0.5, 0.6) is 0 Å². The van der Waals surface area contributed by atoms with E-state index in [4.69, 9.17) is 28.2 Å². The van der Waals surface area contributed by atoms with Gasteiger partial charge in [-0.05, 0) is 61.7 Å². The summed E-state index contributed by atoms with van der Waals surface area (Å²) in [6.07, 6.45) is 1.74. The van der Waals surface area contributed by atoms with Gasteiger partial charge in [-0.1, -0.05) is 66.5 Å². The van der Waals surface area contributed by atoms with Crippen molar-refractivity contribution in [2.75, 3.05) is 5.75 Å². The Labute approximate surface area is 215 Å². The number of aryl methyl sites for hydroxylation is 1. The van der Waals surface area contributed by atoms with Crippen LogP contribution in [0.1, 0.15) is 32.0 Å². The highest BCUT2D eigenvalue weighted by Crippen LogP contribution is 2.36. The molecule has 0 unspecified atom stereocenters. The molecule has 0 radical (unpaired) electrons. The molecule has 4 aromatic rings. The van der Waals surface area contributed by atoms with E-state index in [2.05, 4.69) is 0 Å². The lowest BCUT2D eigenvalue weighted by molar-refractivity contribution is 0.0743. The molecule has 3 aromatic carbocycles. The first-order chi connectivity index (χ1) is 16.4. The lowest BCUT2D eigenvalue weighted by Gasteiger charge is -2.14. The maximum Gasteiger partial charge on any atom is 0.178 e. The zero-order chi connectivity index (χ0) is 25.5.